The lowest BCUT2D eigenvalue weighted by atomic mass is 10.2. The molecule has 0 atom stereocenters. The number of anilines is 1. The molecule has 0 spiro atoms. The smallest absolute Gasteiger partial charge is 0.248 e. The number of nitrogens with zero attached hydrogens (tertiary/aromatic N) is 4. The zero-order valence-electron chi connectivity index (χ0n) is 14.7. The standard InChI is InChI=1S/C19H20ClN5O/c1-3-25-14(2)15(10-22-25)8-9-19(26)23-17-11-21-24(13-17)12-16-6-4-5-7-18(16)20/h4-11,13H,3,12H2,1-2H3,(H,23,26)/b9-8+. The summed E-state index contributed by atoms with van der Waals surface area (Å²) in [4.78, 5) is 12.1. The van der Waals surface area contributed by atoms with E-state index >= 15 is 0 Å². The van der Waals surface area contributed by atoms with Crippen molar-refractivity contribution in [2.24, 2.45) is 0 Å². The second kappa shape index (κ2) is 8.01. The van der Waals surface area contributed by atoms with Gasteiger partial charge in [-0.15, -0.1) is 0 Å². The van der Waals surface area contributed by atoms with Crippen molar-refractivity contribution in [3.8, 4) is 0 Å². The number of carbonyl (C=O) groups is 1. The molecule has 1 N–H and O–H groups in total. The summed E-state index contributed by atoms with van der Waals surface area (Å²) in [6, 6.07) is 7.61. The average Bonchev–Trinajstić information content (AvgIpc) is 3.21. The molecule has 7 heteroatoms. The molecule has 1 amide bonds. The number of amides is 1. The minimum absolute atomic E-state index is 0.217. The van der Waals surface area contributed by atoms with Crippen LogP contribution in [0.2, 0.25) is 5.02 Å². The van der Waals surface area contributed by atoms with Crippen LogP contribution in [0.4, 0.5) is 5.69 Å². The number of nitrogens with one attached hydrogen (secondary N) is 1. The molecule has 26 heavy (non-hydrogen) atoms. The van der Waals surface area contributed by atoms with Crippen LogP contribution in [0.25, 0.3) is 6.08 Å². The van der Waals surface area contributed by atoms with Gasteiger partial charge in [-0.25, -0.2) is 0 Å². The fourth-order valence-electron chi connectivity index (χ4n) is 2.61. The molecular formula is C19H20ClN5O. The van der Waals surface area contributed by atoms with Crippen LogP contribution in [0.5, 0.6) is 0 Å². The fourth-order valence-corrected chi connectivity index (χ4v) is 2.80. The number of carbonyl (C=O) groups excluding carboxylic acids is 1. The predicted octanol–water partition coefficient (Wildman–Crippen LogP) is 3.76. The van der Waals surface area contributed by atoms with Crippen molar-refractivity contribution in [1.29, 1.82) is 0 Å². The van der Waals surface area contributed by atoms with Gasteiger partial charge < -0.3 is 5.32 Å². The molecule has 0 aliphatic rings. The topological polar surface area (TPSA) is 64.7 Å². The first-order valence-electron chi connectivity index (χ1n) is 8.34. The summed E-state index contributed by atoms with van der Waals surface area (Å²) in [6.45, 7) is 5.35. The Balaban J connectivity index is 1.61. The second-order valence-corrected chi connectivity index (χ2v) is 6.25. The quantitative estimate of drug-likeness (QED) is 0.673. The Morgan fingerprint density at radius 2 is 2.08 bits per heavy atom. The summed E-state index contributed by atoms with van der Waals surface area (Å²) in [7, 11) is 0. The molecule has 134 valence electrons. The second-order valence-electron chi connectivity index (χ2n) is 5.84. The summed E-state index contributed by atoms with van der Waals surface area (Å²) < 4.78 is 3.62. The molecule has 2 aromatic heterocycles. The van der Waals surface area contributed by atoms with Crippen molar-refractivity contribution in [1.82, 2.24) is 19.6 Å². The van der Waals surface area contributed by atoms with E-state index in [-0.39, 0.29) is 5.91 Å². The van der Waals surface area contributed by atoms with Crippen molar-refractivity contribution in [3.63, 3.8) is 0 Å². The van der Waals surface area contributed by atoms with E-state index in [2.05, 4.69) is 15.5 Å². The molecule has 3 rings (SSSR count). The van der Waals surface area contributed by atoms with Gasteiger partial charge in [0.1, 0.15) is 0 Å². The van der Waals surface area contributed by atoms with Gasteiger partial charge in [0.05, 0.1) is 24.6 Å². The van der Waals surface area contributed by atoms with Crippen LogP contribution in [0.3, 0.4) is 0 Å². The van der Waals surface area contributed by atoms with Crippen LogP contribution in [0.15, 0.2) is 48.9 Å². The molecule has 0 saturated heterocycles. The molecule has 0 unspecified atom stereocenters. The van der Waals surface area contributed by atoms with Crippen molar-refractivity contribution in [3.05, 3.63) is 70.8 Å². The van der Waals surface area contributed by atoms with Gasteiger partial charge in [0.15, 0.2) is 0 Å². The van der Waals surface area contributed by atoms with E-state index in [9.17, 15) is 4.79 Å². The largest absolute Gasteiger partial charge is 0.320 e. The SMILES string of the molecule is CCn1ncc(/C=C/C(=O)Nc2cnn(Cc3ccccc3Cl)c2)c1C. The summed E-state index contributed by atoms with van der Waals surface area (Å²) >= 11 is 6.16. The van der Waals surface area contributed by atoms with E-state index < -0.39 is 0 Å². The number of halogens is 1. The first-order valence-corrected chi connectivity index (χ1v) is 8.72. The molecular weight excluding hydrogens is 350 g/mol. The molecule has 2 heterocycles. The zero-order valence-corrected chi connectivity index (χ0v) is 15.4. The molecule has 0 radical (unpaired) electrons. The Morgan fingerprint density at radius 1 is 1.27 bits per heavy atom. The van der Waals surface area contributed by atoms with E-state index in [1.165, 1.54) is 6.08 Å². The average molecular weight is 370 g/mol. The molecule has 3 aromatic rings. The van der Waals surface area contributed by atoms with Crippen LogP contribution in [-0.2, 0) is 17.9 Å². The predicted molar refractivity (Wildman–Crippen MR) is 103 cm³/mol. The third-order valence-electron chi connectivity index (χ3n) is 4.05. The molecule has 0 aliphatic heterocycles. The highest BCUT2D eigenvalue weighted by atomic mass is 35.5. The van der Waals surface area contributed by atoms with E-state index in [4.69, 9.17) is 11.6 Å². The highest BCUT2D eigenvalue weighted by Crippen LogP contribution is 2.17. The fraction of sp³-hybridized carbons (Fsp3) is 0.211. The molecule has 0 aliphatic carbocycles. The maximum Gasteiger partial charge on any atom is 0.248 e. The minimum atomic E-state index is -0.217. The third-order valence-corrected chi connectivity index (χ3v) is 4.41. The monoisotopic (exact) mass is 369 g/mol. The zero-order chi connectivity index (χ0) is 18.5. The van der Waals surface area contributed by atoms with Crippen LogP contribution in [-0.4, -0.2) is 25.5 Å². The molecule has 0 fully saturated rings. The molecule has 0 bridgehead atoms. The first kappa shape index (κ1) is 17.9. The first-order chi connectivity index (χ1) is 12.6. The Bertz CT molecular complexity index is 941. The van der Waals surface area contributed by atoms with E-state index in [0.717, 1.165) is 23.4 Å². The van der Waals surface area contributed by atoms with Crippen molar-refractivity contribution in [2.45, 2.75) is 26.9 Å². The number of hydrogen-bond acceptors (Lipinski definition) is 3. The normalized spacial score (nSPS) is 11.2. The summed E-state index contributed by atoms with van der Waals surface area (Å²) in [5, 5.41) is 12.0. The van der Waals surface area contributed by atoms with E-state index in [0.29, 0.717) is 17.3 Å². The number of rotatable bonds is 6. The third kappa shape index (κ3) is 4.21. The van der Waals surface area contributed by atoms with Gasteiger partial charge in [-0.05, 0) is 31.6 Å². The summed E-state index contributed by atoms with van der Waals surface area (Å²) in [5.74, 6) is -0.217. The summed E-state index contributed by atoms with van der Waals surface area (Å²) in [6.07, 6.45) is 8.40. The lowest BCUT2D eigenvalue weighted by Gasteiger charge is -2.03. The molecule has 0 saturated carbocycles. The van der Waals surface area contributed by atoms with Crippen molar-refractivity contribution >= 4 is 29.3 Å². The van der Waals surface area contributed by atoms with Gasteiger partial charge in [0.25, 0.3) is 0 Å². The molecule has 6 nitrogen and oxygen atoms in total. The minimum Gasteiger partial charge on any atom is -0.320 e. The molecule has 1 aromatic carbocycles. The number of hydrogen-bond donors (Lipinski definition) is 1. The maximum absolute atomic E-state index is 12.1. The number of aryl methyl sites for hydroxylation is 1. The van der Waals surface area contributed by atoms with Crippen molar-refractivity contribution < 1.29 is 4.79 Å². The van der Waals surface area contributed by atoms with Crippen molar-refractivity contribution in [2.75, 3.05) is 5.32 Å². The van der Waals surface area contributed by atoms with Crippen LogP contribution in [0, 0.1) is 6.92 Å². The Morgan fingerprint density at radius 3 is 2.81 bits per heavy atom. The van der Waals surface area contributed by atoms with Gasteiger partial charge in [0, 0.05) is 35.1 Å². The van der Waals surface area contributed by atoms with Gasteiger partial charge >= 0.3 is 0 Å². The van der Waals surface area contributed by atoms with Crippen LogP contribution < -0.4 is 5.32 Å². The summed E-state index contributed by atoms with van der Waals surface area (Å²) in [5.41, 5.74) is 3.56. The highest BCUT2D eigenvalue weighted by molar-refractivity contribution is 6.31. The van der Waals surface area contributed by atoms with Crippen LogP contribution >= 0.6 is 11.6 Å². The Labute approximate surface area is 157 Å². The number of aromatic nitrogens is 4. The van der Waals surface area contributed by atoms with Gasteiger partial charge in [-0.2, -0.15) is 10.2 Å². The van der Waals surface area contributed by atoms with E-state index in [1.807, 2.05) is 42.8 Å². The van der Waals surface area contributed by atoms with Gasteiger partial charge in [0.2, 0.25) is 5.91 Å². The lowest BCUT2D eigenvalue weighted by Crippen LogP contribution is -2.07. The van der Waals surface area contributed by atoms with E-state index in [1.54, 1.807) is 29.3 Å². The Kier molecular flexibility index (Phi) is 5.53. The van der Waals surface area contributed by atoms with Gasteiger partial charge in [-0.3, -0.25) is 14.2 Å². The Hall–Kier alpha value is -2.86. The van der Waals surface area contributed by atoms with Gasteiger partial charge in [-0.1, -0.05) is 29.8 Å². The van der Waals surface area contributed by atoms with Crippen LogP contribution in [0.1, 0.15) is 23.7 Å². The highest BCUT2D eigenvalue weighted by Gasteiger charge is 2.06. The maximum atomic E-state index is 12.1. The lowest BCUT2D eigenvalue weighted by molar-refractivity contribution is -0.111. The number of benzene rings is 1.